The van der Waals surface area contributed by atoms with Crippen molar-refractivity contribution in [2.45, 2.75) is 0 Å². The summed E-state index contributed by atoms with van der Waals surface area (Å²) in [5.74, 6) is 0.892. The van der Waals surface area contributed by atoms with Crippen LogP contribution in [0.25, 0.3) is 0 Å². The Hall–Kier alpha value is -1.48. The second-order valence-corrected chi connectivity index (χ2v) is 3.62. The van der Waals surface area contributed by atoms with Gasteiger partial charge in [0.25, 0.3) is 0 Å². The largest absolute Gasteiger partial charge is 0.497 e. The first-order valence-corrected chi connectivity index (χ1v) is 5.44. The van der Waals surface area contributed by atoms with E-state index in [0.717, 1.165) is 25.4 Å². The number of anilines is 1. The zero-order chi connectivity index (χ0) is 11.8. The second kappa shape index (κ2) is 6.90. The van der Waals surface area contributed by atoms with Gasteiger partial charge >= 0.3 is 0 Å². The molecule has 0 aliphatic rings. The number of methoxy groups -OCH3 is 1. The summed E-state index contributed by atoms with van der Waals surface area (Å²) in [5.41, 5.74) is 1.17. The van der Waals surface area contributed by atoms with Crippen LogP contribution in [0.15, 0.2) is 36.9 Å². The number of nitrogens with zero attached hydrogens (tertiary/aromatic N) is 1. The molecule has 0 bridgehead atoms. The molecule has 0 unspecified atom stereocenters. The van der Waals surface area contributed by atoms with Gasteiger partial charge in [-0.1, -0.05) is 12.1 Å². The highest BCUT2D eigenvalue weighted by atomic mass is 16.5. The molecule has 0 atom stereocenters. The first kappa shape index (κ1) is 12.6. The number of benzene rings is 1. The third kappa shape index (κ3) is 3.95. The van der Waals surface area contributed by atoms with Crippen LogP contribution in [0.1, 0.15) is 0 Å². The Labute approximate surface area is 97.7 Å². The minimum Gasteiger partial charge on any atom is -0.497 e. The lowest BCUT2D eigenvalue weighted by Crippen LogP contribution is -2.29. The molecule has 0 amide bonds. The number of rotatable bonds is 7. The van der Waals surface area contributed by atoms with Crippen molar-refractivity contribution in [2.75, 3.05) is 38.7 Å². The molecule has 0 aliphatic carbocycles. The van der Waals surface area contributed by atoms with Gasteiger partial charge in [0.05, 0.1) is 7.11 Å². The molecule has 1 rings (SSSR count). The molecule has 0 aliphatic heterocycles. The van der Waals surface area contributed by atoms with Crippen molar-refractivity contribution in [2.24, 2.45) is 0 Å². The van der Waals surface area contributed by atoms with Gasteiger partial charge in [-0.3, -0.25) is 0 Å². The van der Waals surface area contributed by atoms with Gasteiger partial charge in [0.1, 0.15) is 5.75 Å². The standard InChI is InChI=1S/C13H20N2O/c1-4-8-14-9-10-15(2)12-6-5-7-13(11-12)16-3/h4-7,11,14H,1,8-10H2,2-3H3. The highest BCUT2D eigenvalue weighted by molar-refractivity contribution is 5.50. The Morgan fingerprint density at radius 3 is 3.00 bits per heavy atom. The van der Waals surface area contributed by atoms with Crippen LogP contribution in [-0.2, 0) is 0 Å². The van der Waals surface area contributed by atoms with Crippen molar-refractivity contribution in [1.29, 1.82) is 0 Å². The van der Waals surface area contributed by atoms with Crippen LogP contribution < -0.4 is 15.0 Å². The second-order valence-electron chi connectivity index (χ2n) is 3.62. The average Bonchev–Trinajstić information content (AvgIpc) is 2.34. The molecule has 0 fully saturated rings. The number of hydrogen-bond donors (Lipinski definition) is 1. The SMILES string of the molecule is C=CCNCCN(C)c1cccc(OC)c1. The van der Waals surface area contributed by atoms with Crippen LogP contribution in [0.2, 0.25) is 0 Å². The first-order valence-electron chi connectivity index (χ1n) is 5.44. The lowest BCUT2D eigenvalue weighted by atomic mass is 10.3. The van der Waals surface area contributed by atoms with Crippen LogP contribution in [0, 0.1) is 0 Å². The maximum Gasteiger partial charge on any atom is 0.120 e. The fourth-order valence-electron chi connectivity index (χ4n) is 1.43. The van der Waals surface area contributed by atoms with Gasteiger partial charge < -0.3 is 15.0 Å². The Kier molecular flexibility index (Phi) is 5.43. The van der Waals surface area contributed by atoms with Crippen molar-refractivity contribution in [1.82, 2.24) is 5.32 Å². The number of likely N-dealkylation sites (N-methyl/N-ethyl adjacent to an activating group) is 1. The van der Waals surface area contributed by atoms with Gasteiger partial charge in [0, 0.05) is 38.4 Å². The van der Waals surface area contributed by atoms with Crippen molar-refractivity contribution in [3.63, 3.8) is 0 Å². The number of ether oxygens (including phenoxy) is 1. The Balaban J connectivity index is 2.45. The summed E-state index contributed by atoms with van der Waals surface area (Å²) in [7, 11) is 3.76. The minimum absolute atomic E-state index is 0.853. The van der Waals surface area contributed by atoms with Gasteiger partial charge in [-0.2, -0.15) is 0 Å². The van der Waals surface area contributed by atoms with Gasteiger partial charge in [-0.25, -0.2) is 0 Å². The van der Waals surface area contributed by atoms with E-state index in [2.05, 4.69) is 29.9 Å². The van der Waals surface area contributed by atoms with E-state index in [1.807, 2.05) is 24.3 Å². The average molecular weight is 220 g/mol. The summed E-state index contributed by atoms with van der Waals surface area (Å²) < 4.78 is 5.19. The molecule has 1 N–H and O–H groups in total. The third-order valence-corrected chi connectivity index (χ3v) is 2.41. The summed E-state index contributed by atoms with van der Waals surface area (Å²) >= 11 is 0. The van der Waals surface area contributed by atoms with E-state index in [9.17, 15) is 0 Å². The predicted molar refractivity (Wildman–Crippen MR) is 69.3 cm³/mol. The molecule has 3 heteroatoms. The van der Waals surface area contributed by atoms with Crippen LogP contribution in [0.5, 0.6) is 5.75 Å². The van der Waals surface area contributed by atoms with Gasteiger partial charge in [-0.05, 0) is 12.1 Å². The maximum absolute atomic E-state index is 5.19. The molecule has 3 nitrogen and oxygen atoms in total. The number of nitrogens with one attached hydrogen (secondary N) is 1. The molecule has 0 aromatic heterocycles. The van der Waals surface area contributed by atoms with E-state index < -0.39 is 0 Å². The normalized spacial score (nSPS) is 9.88. The lowest BCUT2D eigenvalue weighted by Gasteiger charge is -2.19. The first-order chi connectivity index (χ1) is 7.77. The molecule has 0 saturated carbocycles. The van der Waals surface area contributed by atoms with E-state index in [1.54, 1.807) is 7.11 Å². The van der Waals surface area contributed by atoms with Crippen molar-refractivity contribution >= 4 is 5.69 Å². The summed E-state index contributed by atoms with van der Waals surface area (Å²) in [6, 6.07) is 8.07. The molecule has 0 saturated heterocycles. The smallest absolute Gasteiger partial charge is 0.120 e. The van der Waals surface area contributed by atoms with E-state index >= 15 is 0 Å². The van der Waals surface area contributed by atoms with Crippen LogP contribution in [-0.4, -0.2) is 33.8 Å². The third-order valence-electron chi connectivity index (χ3n) is 2.41. The zero-order valence-electron chi connectivity index (χ0n) is 10.1. The summed E-state index contributed by atoms with van der Waals surface area (Å²) in [6.07, 6.45) is 1.87. The minimum atomic E-state index is 0.853. The summed E-state index contributed by atoms with van der Waals surface area (Å²) in [6.45, 7) is 6.42. The van der Waals surface area contributed by atoms with Crippen LogP contribution >= 0.6 is 0 Å². The van der Waals surface area contributed by atoms with Gasteiger partial charge in [0.2, 0.25) is 0 Å². The molecular formula is C13H20N2O. The molecule has 0 spiro atoms. The van der Waals surface area contributed by atoms with Crippen LogP contribution in [0.3, 0.4) is 0 Å². The van der Waals surface area contributed by atoms with E-state index in [1.165, 1.54) is 5.69 Å². The Morgan fingerprint density at radius 1 is 1.50 bits per heavy atom. The maximum atomic E-state index is 5.19. The molecule has 88 valence electrons. The molecular weight excluding hydrogens is 200 g/mol. The van der Waals surface area contributed by atoms with E-state index in [0.29, 0.717) is 0 Å². The van der Waals surface area contributed by atoms with E-state index in [4.69, 9.17) is 4.74 Å². The van der Waals surface area contributed by atoms with Crippen molar-refractivity contribution in [3.8, 4) is 5.75 Å². The Morgan fingerprint density at radius 2 is 2.31 bits per heavy atom. The van der Waals surface area contributed by atoms with Crippen molar-refractivity contribution < 1.29 is 4.74 Å². The Bertz CT molecular complexity index is 325. The molecule has 1 aromatic carbocycles. The fraction of sp³-hybridized carbons (Fsp3) is 0.385. The number of hydrogen-bond acceptors (Lipinski definition) is 3. The fourth-order valence-corrected chi connectivity index (χ4v) is 1.43. The quantitative estimate of drug-likeness (QED) is 0.561. The van der Waals surface area contributed by atoms with Crippen LogP contribution in [0.4, 0.5) is 5.69 Å². The molecule has 1 aromatic rings. The highest BCUT2D eigenvalue weighted by Crippen LogP contribution is 2.19. The van der Waals surface area contributed by atoms with E-state index in [-0.39, 0.29) is 0 Å². The summed E-state index contributed by atoms with van der Waals surface area (Å²) in [4.78, 5) is 2.19. The molecule has 16 heavy (non-hydrogen) atoms. The summed E-state index contributed by atoms with van der Waals surface area (Å²) in [5, 5.41) is 3.27. The topological polar surface area (TPSA) is 24.5 Å². The zero-order valence-corrected chi connectivity index (χ0v) is 10.1. The molecule has 0 heterocycles. The highest BCUT2D eigenvalue weighted by Gasteiger charge is 2.01. The van der Waals surface area contributed by atoms with Gasteiger partial charge in [-0.15, -0.1) is 6.58 Å². The lowest BCUT2D eigenvalue weighted by molar-refractivity contribution is 0.415. The van der Waals surface area contributed by atoms with Gasteiger partial charge in [0.15, 0.2) is 0 Å². The predicted octanol–water partition coefficient (Wildman–Crippen LogP) is 1.91. The van der Waals surface area contributed by atoms with Crippen molar-refractivity contribution in [3.05, 3.63) is 36.9 Å². The monoisotopic (exact) mass is 220 g/mol. The molecule has 0 radical (unpaired) electrons.